The summed E-state index contributed by atoms with van der Waals surface area (Å²) < 4.78 is 11.1. The Morgan fingerprint density at radius 2 is 1.78 bits per heavy atom. The summed E-state index contributed by atoms with van der Waals surface area (Å²) in [6.07, 6.45) is 0. The van der Waals surface area contributed by atoms with E-state index in [1.807, 2.05) is 24.3 Å². The van der Waals surface area contributed by atoms with Gasteiger partial charge in [-0.15, -0.1) is 0 Å². The van der Waals surface area contributed by atoms with Crippen LogP contribution in [0.3, 0.4) is 0 Å². The average Bonchev–Trinajstić information content (AvgIpc) is 2.95. The van der Waals surface area contributed by atoms with Crippen molar-refractivity contribution in [3.63, 3.8) is 0 Å². The normalized spacial score (nSPS) is 12.9. The highest BCUT2D eigenvalue weighted by molar-refractivity contribution is 6.31. The van der Waals surface area contributed by atoms with Crippen molar-refractivity contribution in [3.8, 4) is 11.3 Å². The van der Waals surface area contributed by atoms with E-state index in [2.05, 4.69) is 39.8 Å². The number of carbonyl (C=O) groups is 1. The van der Waals surface area contributed by atoms with Crippen LogP contribution in [0, 0.1) is 0 Å². The predicted octanol–water partition coefficient (Wildman–Crippen LogP) is 2.99. The van der Waals surface area contributed by atoms with Gasteiger partial charge in [-0.2, -0.15) is 0 Å². The molecule has 23 heavy (non-hydrogen) atoms. The summed E-state index contributed by atoms with van der Waals surface area (Å²) in [5.74, 6) is -0.564. The molecule has 2 rings (SSSR count). The minimum atomic E-state index is -0.643. The average molecular weight is 332 g/mol. The van der Waals surface area contributed by atoms with Gasteiger partial charge < -0.3 is 14.7 Å². The number of hydrogen-bond acceptors (Lipinski definition) is 4. The molecule has 0 unspecified atom stereocenters. The number of benzene rings is 1. The lowest BCUT2D eigenvalue weighted by molar-refractivity contribution is 0.0965. The third-order valence-electron chi connectivity index (χ3n) is 3.49. The summed E-state index contributed by atoms with van der Waals surface area (Å²) in [7, 11) is -0.643. The molecule has 5 nitrogen and oxygen atoms in total. The number of carbonyl (C=O) groups excluding carboxylic acids is 1. The maximum absolute atomic E-state index is 11.1. The van der Waals surface area contributed by atoms with E-state index < -0.39 is 15.7 Å². The van der Waals surface area contributed by atoms with Gasteiger partial charge in [0.2, 0.25) is 5.76 Å². The van der Waals surface area contributed by atoms with Gasteiger partial charge in [0.05, 0.1) is 5.60 Å². The highest BCUT2D eigenvalue weighted by Gasteiger charge is 2.24. The van der Waals surface area contributed by atoms with Crippen LogP contribution in [-0.2, 0) is 10.0 Å². The lowest BCUT2D eigenvalue weighted by Gasteiger charge is -2.30. The summed E-state index contributed by atoms with van der Waals surface area (Å²) >= 11 is 0. The van der Waals surface area contributed by atoms with E-state index in [9.17, 15) is 4.79 Å². The Balaban J connectivity index is 2.16. The molecule has 0 aliphatic heterocycles. The Morgan fingerprint density at radius 1 is 1.17 bits per heavy atom. The molecule has 0 aliphatic carbocycles. The quantitative estimate of drug-likeness (QED) is 0.854. The second kappa shape index (κ2) is 6.29. The maximum Gasteiger partial charge on any atom is 0.287 e. The molecular weight excluding hydrogens is 308 g/mol. The van der Waals surface area contributed by atoms with Crippen molar-refractivity contribution in [2.75, 3.05) is 0 Å². The van der Waals surface area contributed by atoms with Gasteiger partial charge in [-0.1, -0.05) is 50.2 Å². The molecule has 0 saturated carbocycles. The first-order valence-corrected chi connectivity index (χ1v) is 8.88. The molecule has 1 aromatic carbocycles. The maximum atomic E-state index is 11.1. The van der Waals surface area contributed by atoms with Crippen molar-refractivity contribution in [2.24, 2.45) is 5.73 Å². The zero-order valence-corrected chi connectivity index (χ0v) is 15.8. The van der Waals surface area contributed by atoms with Gasteiger partial charge in [-0.3, -0.25) is 4.79 Å². The predicted molar refractivity (Wildman–Crippen MR) is 92.8 cm³/mol. The molecule has 1 heterocycles. The second-order valence-corrected chi connectivity index (χ2v) is 10.1. The third-order valence-corrected chi connectivity index (χ3v) is 5.23. The molecule has 124 valence electrons. The van der Waals surface area contributed by atoms with Gasteiger partial charge in [0, 0.05) is 11.6 Å². The topological polar surface area (TPSA) is 78.4 Å². The number of nitrogens with two attached hydrogens (primary N) is 1. The van der Waals surface area contributed by atoms with Crippen LogP contribution in [-0.4, -0.2) is 20.8 Å². The zero-order chi connectivity index (χ0) is 17.3. The monoisotopic (exact) mass is 332 g/mol. The molecule has 0 aliphatic rings. The molecule has 0 bridgehead atoms. The number of aromatic nitrogens is 1. The number of nitrogens with zero attached hydrogens (tertiary/aromatic N) is 1. The summed E-state index contributed by atoms with van der Waals surface area (Å²) in [6.45, 7) is 10.8. The Labute approximate surface area is 139 Å². The lowest BCUT2D eigenvalue weighted by Crippen LogP contribution is -2.27. The summed E-state index contributed by atoms with van der Waals surface area (Å²) in [4.78, 5) is 11.1. The summed E-state index contributed by atoms with van der Waals surface area (Å²) in [5.41, 5.74) is 7.42. The summed E-state index contributed by atoms with van der Waals surface area (Å²) in [5, 5.41) is 4.12. The van der Waals surface area contributed by atoms with E-state index in [-0.39, 0.29) is 16.4 Å². The molecule has 6 heteroatoms. The van der Waals surface area contributed by atoms with E-state index in [1.165, 1.54) is 0 Å². The van der Waals surface area contributed by atoms with Crippen molar-refractivity contribution < 1.29 is 13.7 Å². The van der Waals surface area contributed by atoms with E-state index >= 15 is 0 Å². The molecule has 1 aromatic heterocycles. The Kier molecular flexibility index (Phi) is 4.77. The fourth-order valence-electron chi connectivity index (χ4n) is 2.05. The van der Waals surface area contributed by atoms with E-state index in [0.29, 0.717) is 5.69 Å². The standard InChI is InChI=1S/C17H24N2O3Si/c1-16(2,3)23-22-17(4,5)12-8-6-11(7-9-12)13-10-14(15(18)20)21-19-13/h6-10H,23H2,1-5H3,(H2,18,20). The van der Waals surface area contributed by atoms with Crippen LogP contribution in [0.4, 0.5) is 0 Å². The molecule has 0 atom stereocenters. The lowest BCUT2D eigenvalue weighted by atomic mass is 9.97. The SMILES string of the molecule is CC(C)(C)[SiH2]OC(C)(C)c1ccc(-c2cc(C(N)=O)on2)cc1. The molecular formula is C17H24N2O3Si. The second-order valence-electron chi connectivity index (χ2n) is 7.38. The van der Waals surface area contributed by atoms with Crippen LogP contribution in [0.15, 0.2) is 34.9 Å². The van der Waals surface area contributed by atoms with Crippen LogP contribution < -0.4 is 5.73 Å². The van der Waals surface area contributed by atoms with Gasteiger partial charge in [0.25, 0.3) is 5.91 Å². The molecule has 0 spiro atoms. The number of hydrogen-bond donors (Lipinski definition) is 1. The Bertz CT molecular complexity index is 685. The third kappa shape index (κ3) is 4.53. The highest BCUT2D eigenvalue weighted by Crippen LogP contribution is 2.30. The first-order valence-electron chi connectivity index (χ1n) is 7.60. The van der Waals surface area contributed by atoms with Gasteiger partial charge in [-0.05, 0) is 24.4 Å². The minimum absolute atomic E-state index is 0.0592. The van der Waals surface area contributed by atoms with Crippen molar-refractivity contribution in [2.45, 2.75) is 45.3 Å². The molecule has 1 amide bonds. The van der Waals surface area contributed by atoms with Crippen LogP contribution in [0.5, 0.6) is 0 Å². The highest BCUT2D eigenvalue weighted by atomic mass is 28.2. The Hall–Kier alpha value is -1.92. The zero-order valence-electron chi connectivity index (χ0n) is 14.3. The molecule has 0 saturated heterocycles. The molecule has 0 radical (unpaired) electrons. The molecule has 2 aromatic rings. The molecule has 0 fully saturated rings. The molecule has 2 N–H and O–H groups in total. The van der Waals surface area contributed by atoms with Crippen LogP contribution >= 0.6 is 0 Å². The minimum Gasteiger partial charge on any atom is -0.415 e. The van der Waals surface area contributed by atoms with Gasteiger partial charge in [-0.25, -0.2) is 0 Å². The summed E-state index contributed by atoms with van der Waals surface area (Å²) in [6, 6.07) is 9.48. The Morgan fingerprint density at radius 3 is 2.26 bits per heavy atom. The van der Waals surface area contributed by atoms with Crippen molar-refractivity contribution in [1.29, 1.82) is 0 Å². The van der Waals surface area contributed by atoms with Crippen molar-refractivity contribution >= 4 is 15.7 Å². The van der Waals surface area contributed by atoms with Gasteiger partial charge >= 0.3 is 0 Å². The fraction of sp³-hybridized carbons (Fsp3) is 0.412. The van der Waals surface area contributed by atoms with Crippen LogP contribution in [0.2, 0.25) is 5.04 Å². The number of rotatable bonds is 5. The largest absolute Gasteiger partial charge is 0.415 e. The van der Waals surface area contributed by atoms with Crippen molar-refractivity contribution in [1.82, 2.24) is 5.16 Å². The van der Waals surface area contributed by atoms with Crippen molar-refractivity contribution in [3.05, 3.63) is 41.7 Å². The fourth-order valence-corrected chi connectivity index (χ4v) is 3.01. The first kappa shape index (κ1) is 17.4. The van der Waals surface area contributed by atoms with E-state index in [0.717, 1.165) is 11.1 Å². The number of primary amides is 1. The van der Waals surface area contributed by atoms with Gasteiger partial charge in [0.1, 0.15) is 5.69 Å². The van der Waals surface area contributed by atoms with Crippen LogP contribution in [0.25, 0.3) is 11.3 Å². The van der Waals surface area contributed by atoms with Gasteiger partial charge in [0.15, 0.2) is 9.76 Å². The first-order chi connectivity index (χ1) is 10.6. The van der Waals surface area contributed by atoms with E-state index in [1.54, 1.807) is 6.07 Å². The van der Waals surface area contributed by atoms with Crippen LogP contribution in [0.1, 0.15) is 50.7 Å². The van der Waals surface area contributed by atoms with E-state index in [4.69, 9.17) is 14.7 Å². The smallest absolute Gasteiger partial charge is 0.287 e. The number of amides is 1.